The second-order valence-corrected chi connectivity index (χ2v) is 4.31. The molecule has 1 aliphatic rings. The molecule has 1 atom stereocenters. The first-order valence-electron chi connectivity index (χ1n) is 5.67. The topological polar surface area (TPSA) is 57.5 Å². The van der Waals surface area contributed by atoms with Crippen LogP contribution in [0.3, 0.4) is 0 Å². The maximum atomic E-state index is 10.9. The van der Waals surface area contributed by atoms with E-state index in [0.29, 0.717) is 0 Å². The molecule has 0 saturated heterocycles. The van der Waals surface area contributed by atoms with E-state index in [1.54, 1.807) is 0 Å². The van der Waals surface area contributed by atoms with Crippen LogP contribution in [0.25, 0.3) is 0 Å². The predicted octanol–water partition coefficient (Wildman–Crippen LogP) is 1.73. The van der Waals surface area contributed by atoms with Gasteiger partial charge in [-0.2, -0.15) is 0 Å². The number of hydrogen-bond donors (Lipinski definition) is 2. The van der Waals surface area contributed by atoms with E-state index >= 15 is 0 Å². The van der Waals surface area contributed by atoms with Crippen LogP contribution in [0.1, 0.15) is 35.4 Å². The molecule has 1 aromatic rings. The van der Waals surface area contributed by atoms with Crippen molar-refractivity contribution in [1.82, 2.24) is 0 Å². The lowest BCUT2D eigenvalue weighted by atomic mass is 9.88. The first-order valence-corrected chi connectivity index (χ1v) is 5.67. The van der Waals surface area contributed by atoms with Gasteiger partial charge < -0.3 is 10.2 Å². The first-order chi connectivity index (χ1) is 7.72. The van der Waals surface area contributed by atoms with Crippen LogP contribution in [0.15, 0.2) is 18.2 Å². The Bertz CT molecular complexity index is 398. The van der Waals surface area contributed by atoms with E-state index in [2.05, 4.69) is 0 Å². The van der Waals surface area contributed by atoms with Gasteiger partial charge in [0.05, 0.1) is 6.61 Å². The lowest BCUT2D eigenvalue weighted by Crippen LogP contribution is -2.16. The van der Waals surface area contributed by atoms with Crippen molar-refractivity contribution < 1.29 is 15.0 Å². The van der Waals surface area contributed by atoms with E-state index in [1.807, 2.05) is 18.2 Å². The number of benzene rings is 1. The van der Waals surface area contributed by atoms with E-state index in [4.69, 9.17) is 10.2 Å². The van der Waals surface area contributed by atoms with Crippen LogP contribution < -0.4 is 0 Å². The molecule has 0 bridgehead atoms. The predicted molar refractivity (Wildman–Crippen MR) is 60.5 cm³/mol. The van der Waals surface area contributed by atoms with Gasteiger partial charge in [-0.25, -0.2) is 0 Å². The summed E-state index contributed by atoms with van der Waals surface area (Å²) in [6.07, 6.45) is 4.51. The highest BCUT2D eigenvalue weighted by Crippen LogP contribution is 2.25. The van der Waals surface area contributed by atoms with Crippen LogP contribution >= 0.6 is 0 Å². The highest BCUT2D eigenvalue weighted by molar-refractivity contribution is 5.76. The molecular formula is C13H16O3. The van der Waals surface area contributed by atoms with Gasteiger partial charge in [0, 0.05) is 0 Å². The molecule has 0 heterocycles. The molecule has 86 valence electrons. The number of hydrogen-bond acceptors (Lipinski definition) is 2. The molecule has 2 N–H and O–H groups in total. The van der Waals surface area contributed by atoms with Gasteiger partial charge in [0.15, 0.2) is 0 Å². The summed E-state index contributed by atoms with van der Waals surface area (Å²) in [5.74, 6) is -1.74. The third kappa shape index (κ3) is 2.09. The minimum atomic E-state index is -0.960. The Morgan fingerprint density at radius 1 is 1.25 bits per heavy atom. The van der Waals surface area contributed by atoms with Crippen LogP contribution in [-0.4, -0.2) is 22.8 Å². The Labute approximate surface area is 94.7 Å². The lowest BCUT2D eigenvalue weighted by Gasteiger charge is -2.18. The molecule has 3 nitrogen and oxygen atoms in total. The molecule has 3 heteroatoms. The maximum Gasteiger partial charge on any atom is 0.313 e. The van der Waals surface area contributed by atoms with Crippen molar-refractivity contribution in [2.75, 3.05) is 6.61 Å². The Morgan fingerprint density at radius 3 is 2.56 bits per heavy atom. The minimum Gasteiger partial charge on any atom is -0.481 e. The normalized spacial score (nSPS) is 16.6. The van der Waals surface area contributed by atoms with Crippen molar-refractivity contribution in [3.8, 4) is 0 Å². The number of aliphatic hydroxyl groups excluding tert-OH is 1. The van der Waals surface area contributed by atoms with Crippen molar-refractivity contribution >= 4 is 5.97 Å². The van der Waals surface area contributed by atoms with Gasteiger partial charge in [0.1, 0.15) is 5.92 Å². The molecule has 1 unspecified atom stereocenters. The second kappa shape index (κ2) is 4.66. The number of aryl methyl sites for hydroxylation is 2. The monoisotopic (exact) mass is 220 g/mol. The van der Waals surface area contributed by atoms with E-state index in [1.165, 1.54) is 24.0 Å². The van der Waals surface area contributed by atoms with E-state index in [9.17, 15) is 4.79 Å². The fraction of sp³-hybridized carbons (Fsp3) is 0.462. The van der Waals surface area contributed by atoms with Gasteiger partial charge in [0.25, 0.3) is 0 Å². The quantitative estimate of drug-likeness (QED) is 0.815. The standard InChI is InChI=1S/C13H16O3/c14-8-12(13(15)16)11-6-5-9-3-1-2-4-10(9)7-11/h5-7,12,14H,1-4,8H2,(H,15,16). The molecule has 1 aliphatic carbocycles. The Kier molecular flexibility index (Phi) is 3.25. The minimum absolute atomic E-state index is 0.339. The summed E-state index contributed by atoms with van der Waals surface area (Å²) in [6.45, 7) is -0.339. The summed E-state index contributed by atoms with van der Waals surface area (Å²) >= 11 is 0. The fourth-order valence-electron chi connectivity index (χ4n) is 2.30. The van der Waals surface area contributed by atoms with Crippen molar-refractivity contribution in [3.05, 3.63) is 34.9 Å². The summed E-state index contributed by atoms with van der Waals surface area (Å²) in [4.78, 5) is 10.9. The Balaban J connectivity index is 2.32. The van der Waals surface area contributed by atoms with Gasteiger partial charge in [-0.15, -0.1) is 0 Å². The smallest absolute Gasteiger partial charge is 0.313 e. The zero-order chi connectivity index (χ0) is 11.5. The fourth-order valence-corrected chi connectivity index (χ4v) is 2.30. The molecular weight excluding hydrogens is 204 g/mol. The average Bonchev–Trinajstić information content (AvgIpc) is 2.29. The Hall–Kier alpha value is -1.35. The van der Waals surface area contributed by atoms with E-state index in [0.717, 1.165) is 18.4 Å². The number of aliphatic hydroxyl groups is 1. The zero-order valence-corrected chi connectivity index (χ0v) is 9.15. The van der Waals surface area contributed by atoms with Crippen molar-refractivity contribution in [2.45, 2.75) is 31.6 Å². The molecule has 16 heavy (non-hydrogen) atoms. The second-order valence-electron chi connectivity index (χ2n) is 4.31. The molecule has 0 amide bonds. The molecule has 2 rings (SSSR count). The van der Waals surface area contributed by atoms with Gasteiger partial charge in [-0.1, -0.05) is 18.2 Å². The maximum absolute atomic E-state index is 10.9. The van der Waals surface area contributed by atoms with Crippen molar-refractivity contribution in [1.29, 1.82) is 0 Å². The highest BCUT2D eigenvalue weighted by atomic mass is 16.4. The van der Waals surface area contributed by atoms with Crippen LogP contribution in [-0.2, 0) is 17.6 Å². The summed E-state index contributed by atoms with van der Waals surface area (Å²) in [6, 6.07) is 5.79. The van der Waals surface area contributed by atoms with Gasteiger partial charge in [-0.3, -0.25) is 4.79 Å². The largest absolute Gasteiger partial charge is 0.481 e. The summed E-state index contributed by atoms with van der Waals surface area (Å²) in [7, 11) is 0. The molecule has 0 radical (unpaired) electrons. The molecule has 0 spiro atoms. The van der Waals surface area contributed by atoms with E-state index < -0.39 is 11.9 Å². The average molecular weight is 220 g/mol. The number of fused-ring (bicyclic) bond motifs is 1. The van der Waals surface area contributed by atoms with Gasteiger partial charge in [-0.05, 0) is 42.4 Å². The summed E-state index contributed by atoms with van der Waals surface area (Å²) in [5, 5.41) is 18.0. The summed E-state index contributed by atoms with van der Waals surface area (Å²) < 4.78 is 0. The van der Waals surface area contributed by atoms with Crippen LogP contribution in [0.5, 0.6) is 0 Å². The number of rotatable bonds is 3. The molecule has 1 aromatic carbocycles. The van der Waals surface area contributed by atoms with Gasteiger partial charge in [0.2, 0.25) is 0 Å². The number of carbonyl (C=O) groups is 1. The van der Waals surface area contributed by atoms with Crippen molar-refractivity contribution in [3.63, 3.8) is 0 Å². The first kappa shape index (κ1) is 11.1. The lowest BCUT2D eigenvalue weighted by molar-refractivity contribution is -0.139. The van der Waals surface area contributed by atoms with Crippen molar-refractivity contribution in [2.24, 2.45) is 0 Å². The number of carboxylic acids is 1. The summed E-state index contributed by atoms with van der Waals surface area (Å²) in [5.41, 5.74) is 3.30. The van der Waals surface area contributed by atoms with E-state index in [-0.39, 0.29) is 6.61 Å². The van der Waals surface area contributed by atoms with Crippen LogP contribution in [0.4, 0.5) is 0 Å². The SMILES string of the molecule is O=C(O)C(CO)c1ccc2c(c1)CCCC2. The zero-order valence-electron chi connectivity index (χ0n) is 9.15. The molecule has 0 aliphatic heterocycles. The van der Waals surface area contributed by atoms with Gasteiger partial charge >= 0.3 is 5.97 Å². The van der Waals surface area contributed by atoms with Crippen LogP contribution in [0.2, 0.25) is 0 Å². The molecule has 0 saturated carbocycles. The third-order valence-electron chi connectivity index (χ3n) is 3.26. The number of aliphatic carboxylic acids is 1. The van der Waals surface area contributed by atoms with Crippen LogP contribution in [0, 0.1) is 0 Å². The highest BCUT2D eigenvalue weighted by Gasteiger charge is 2.20. The number of carboxylic acid groups (broad SMARTS) is 1. The Morgan fingerprint density at radius 2 is 1.94 bits per heavy atom. The molecule has 0 fully saturated rings. The third-order valence-corrected chi connectivity index (χ3v) is 3.26. The molecule has 0 aromatic heterocycles.